The fraction of sp³-hybridized carbons (Fsp3) is 0.133. The van der Waals surface area contributed by atoms with Crippen molar-refractivity contribution in [1.29, 1.82) is 0 Å². The van der Waals surface area contributed by atoms with E-state index in [0.717, 1.165) is 5.56 Å². The molecule has 0 radical (unpaired) electrons. The van der Waals surface area contributed by atoms with Crippen LogP contribution in [0.2, 0.25) is 0 Å². The van der Waals surface area contributed by atoms with Crippen LogP contribution in [0.25, 0.3) is 0 Å². The quantitative estimate of drug-likeness (QED) is 0.896. The second kappa shape index (κ2) is 5.99. The Morgan fingerprint density at radius 3 is 2.33 bits per heavy atom. The van der Waals surface area contributed by atoms with E-state index in [0.29, 0.717) is 10.0 Å². The van der Waals surface area contributed by atoms with Gasteiger partial charge in [0, 0.05) is 4.47 Å². The lowest BCUT2D eigenvalue weighted by atomic mass is 10.2. The molecule has 4 nitrogen and oxygen atoms in total. The van der Waals surface area contributed by atoms with E-state index in [1.807, 2.05) is 19.1 Å². The van der Waals surface area contributed by atoms with Gasteiger partial charge in [0.15, 0.2) is 9.84 Å². The number of benzene rings is 2. The smallest absolute Gasteiger partial charge is 0.337 e. The molecule has 0 aromatic heterocycles. The molecule has 0 spiro atoms. The number of carboxylic acid groups (broad SMARTS) is 1. The van der Waals surface area contributed by atoms with Crippen molar-refractivity contribution in [2.45, 2.75) is 17.6 Å². The van der Waals surface area contributed by atoms with Crippen LogP contribution in [-0.2, 0) is 15.6 Å². The molecule has 2 rings (SSSR count). The summed E-state index contributed by atoms with van der Waals surface area (Å²) in [5.74, 6) is -1.49. The zero-order valence-electron chi connectivity index (χ0n) is 11.2. The van der Waals surface area contributed by atoms with Crippen molar-refractivity contribution in [3.63, 3.8) is 0 Å². The molecule has 0 aliphatic heterocycles. The topological polar surface area (TPSA) is 71.4 Å². The third-order valence-electron chi connectivity index (χ3n) is 2.99. The molecule has 0 heterocycles. The van der Waals surface area contributed by atoms with E-state index in [1.165, 1.54) is 18.2 Å². The number of aryl methyl sites for hydroxylation is 1. The zero-order valence-corrected chi connectivity index (χ0v) is 13.6. The highest BCUT2D eigenvalue weighted by Gasteiger charge is 2.23. The van der Waals surface area contributed by atoms with Gasteiger partial charge >= 0.3 is 5.97 Å². The predicted molar refractivity (Wildman–Crippen MR) is 83.2 cm³/mol. The van der Waals surface area contributed by atoms with E-state index in [2.05, 4.69) is 15.9 Å². The van der Waals surface area contributed by atoms with Crippen molar-refractivity contribution in [3.8, 4) is 0 Å². The number of carboxylic acids is 1. The van der Waals surface area contributed by atoms with Gasteiger partial charge in [-0.2, -0.15) is 0 Å². The van der Waals surface area contributed by atoms with Gasteiger partial charge < -0.3 is 5.11 Å². The van der Waals surface area contributed by atoms with Crippen LogP contribution in [0.4, 0.5) is 0 Å². The Morgan fingerprint density at radius 2 is 1.76 bits per heavy atom. The molecule has 0 saturated heterocycles. The summed E-state index contributed by atoms with van der Waals surface area (Å²) >= 11 is 3.18. The standard InChI is InChI=1S/C15H13BrO4S/c1-10-2-4-11(5-3-10)9-21(19,20)14-8-12(16)6-7-13(14)15(17)18/h2-8H,9H2,1H3,(H,17,18). The largest absolute Gasteiger partial charge is 0.478 e. The number of carbonyl (C=O) groups is 1. The Balaban J connectivity index is 2.46. The van der Waals surface area contributed by atoms with Crippen LogP contribution < -0.4 is 0 Å². The number of halogens is 1. The molecule has 0 unspecified atom stereocenters. The number of hydrogen-bond donors (Lipinski definition) is 1. The van der Waals surface area contributed by atoms with Crippen molar-refractivity contribution >= 4 is 31.7 Å². The minimum atomic E-state index is -3.74. The average molecular weight is 369 g/mol. The van der Waals surface area contributed by atoms with Crippen LogP contribution in [-0.4, -0.2) is 19.5 Å². The Kier molecular flexibility index (Phi) is 4.49. The molecule has 1 N–H and O–H groups in total. The number of aromatic carboxylic acids is 1. The van der Waals surface area contributed by atoms with Gasteiger partial charge in [-0.1, -0.05) is 45.8 Å². The van der Waals surface area contributed by atoms with Gasteiger partial charge in [0.25, 0.3) is 0 Å². The van der Waals surface area contributed by atoms with Crippen LogP contribution in [0.15, 0.2) is 51.8 Å². The Labute approximate surface area is 131 Å². The van der Waals surface area contributed by atoms with E-state index in [1.54, 1.807) is 12.1 Å². The summed E-state index contributed by atoms with van der Waals surface area (Å²) in [6, 6.07) is 11.2. The minimum Gasteiger partial charge on any atom is -0.478 e. The van der Waals surface area contributed by atoms with Crippen LogP contribution in [0.5, 0.6) is 0 Å². The van der Waals surface area contributed by atoms with Crippen molar-refractivity contribution in [1.82, 2.24) is 0 Å². The highest BCUT2D eigenvalue weighted by atomic mass is 79.9. The molecule has 0 bridgehead atoms. The van der Waals surface area contributed by atoms with Gasteiger partial charge in [0.2, 0.25) is 0 Å². The first kappa shape index (κ1) is 15.7. The van der Waals surface area contributed by atoms with E-state index in [4.69, 9.17) is 5.11 Å². The molecule has 0 atom stereocenters. The Hall–Kier alpha value is -1.66. The third kappa shape index (κ3) is 3.71. The maximum Gasteiger partial charge on any atom is 0.337 e. The van der Waals surface area contributed by atoms with Gasteiger partial charge in [-0.3, -0.25) is 0 Å². The van der Waals surface area contributed by atoms with Gasteiger partial charge in [0.05, 0.1) is 16.2 Å². The van der Waals surface area contributed by atoms with Gasteiger partial charge in [-0.05, 0) is 30.7 Å². The highest BCUT2D eigenvalue weighted by molar-refractivity contribution is 9.10. The fourth-order valence-electron chi connectivity index (χ4n) is 1.91. The Bertz CT molecular complexity index is 780. The molecular formula is C15H13BrO4S. The molecule has 0 saturated carbocycles. The van der Waals surface area contributed by atoms with Crippen LogP contribution >= 0.6 is 15.9 Å². The monoisotopic (exact) mass is 368 g/mol. The summed E-state index contributed by atoms with van der Waals surface area (Å²) < 4.78 is 25.5. The van der Waals surface area contributed by atoms with E-state index < -0.39 is 15.8 Å². The predicted octanol–water partition coefficient (Wildman–Crippen LogP) is 3.43. The first-order chi connectivity index (χ1) is 9.79. The van der Waals surface area contributed by atoms with Crippen molar-refractivity contribution < 1.29 is 18.3 Å². The molecule has 21 heavy (non-hydrogen) atoms. The number of rotatable bonds is 4. The first-order valence-electron chi connectivity index (χ1n) is 6.11. The zero-order chi connectivity index (χ0) is 15.6. The van der Waals surface area contributed by atoms with Crippen LogP contribution in [0.1, 0.15) is 21.5 Å². The average Bonchev–Trinajstić information content (AvgIpc) is 2.41. The highest BCUT2D eigenvalue weighted by Crippen LogP contribution is 2.24. The summed E-state index contributed by atoms with van der Waals surface area (Å²) in [6.07, 6.45) is 0. The van der Waals surface area contributed by atoms with Crippen molar-refractivity contribution in [2.24, 2.45) is 0 Å². The lowest BCUT2D eigenvalue weighted by Gasteiger charge is -2.09. The molecular weight excluding hydrogens is 356 g/mol. The fourth-order valence-corrected chi connectivity index (χ4v) is 4.01. The molecule has 110 valence electrons. The summed E-state index contributed by atoms with van der Waals surface area (Å²) in [5, 5.41) is 9.14. The summed E-state index contributed by atoms with van der Waals surface area (Å²) in [6.45, 7) is 1.91. The first-order valence-corrected chi connectivity index (χ1v) is 8.55. The van der Waals surface area contributed by atoms with Crippen LogP contribution in [0.3, 0.4) is 0 Å². The van der Waals surface area contributed by atoms with Gasteiger partial charge in [0.1, 0.15) is 0 Å². The Morgan fingerprint density at radius 1 is 1.14 bits per heavy atom. The molecule has 0 fully saturated rings. The summed E-state index contributed by atoms with van der Waals surface area (Å²) in [7, 11) is -3.74. The second-order valence-corrected chi connectivity index (χ2v) is 7.56. The third-order valence-corrected chi connectivity index (χ3v) is 5.20. The lowest BCUT2D eigenvalue weighted by molar-refractivity contribution is 0.0692. The normalized spacial score (nSPS) is 11.3. The number of hydrogen-bond acceptors (Lipinski definition) is 3. The van der Waals surface area contributed by atoms with Crippen molar-refractivity contribution in [2.75, 3.05) is 0 Å². The molecule has 6 heteroatoms. The van der Waals surface area contributed by atoms with E-state index >= 15 is 0 Å². The summed E-state index contributed by atoms with van der Waals surface area (Å²) in [4.78, 5) is 11.0. The van der Waals surface area contributed by atoms with Crippen LogP contribution in [0, 0.1) is 6.92 Å². The molecule has 0 aliphatic rings. The minimum absolute atomic E-state index is 0.176. The van der Waals surface area contributed by atoms with E-state index in [-0.39, 0.29) is 16.2 Å². The van der Waals surface area contributed by atoms with Gasteiger partial charge in [-0.15, -0.1) is 0 Å². The molecule has 2 aromatic carbocycles. The lowest BCUT2D eigenvalue weighted by Crippen LogP contribution is -2.11. The SMILES string of the molecule is Cc1ccc(CS(=O)(=O)c2cc(Br)ccc2C(=O)O)cc1. The molecule has 0 aliphatic carbocycles. The van der Waals surface area contributed by atoms with E-state index in [9.17, 15) is 13.2 Å². The van der Waals surface area contributed by atoms with Gasteiger partial charge in [-0.25, -0.2) is 13.2 Å². The second-order valence-electron chi connectivity index (χ2n) is 4.69. The maximum atomic E-state index is 12.5. The molecule has 2 aromatic rings. The maximum absolute atomic E-state index is 12.5. The summed E-state index contributed by atoms with van der Waals surface area (Å²) in [5.41, 5.74) is 1.44. The molecule has 0 amide bonds. The number of sulfone groups is 1. The van der Waals surface area contributed by atoms with Crippen molar-refractivity contribution in [3.05, 3.63) is 63.6 Å².